The van der Waals surface area contributed by atoms with Crippen molar-refractivity contribution in [2.45, 2.75) is 32.4 Å². The van der Waals surface area contributed by atoms with Gasteiger partial charge in [-0.1, -0.05) is 12.1 Å². The van der Waals surface area contributed by atoms with Gasteiger partial charge in [-0.25, -0.2) is 9.48 Å². The van der Waals surface area contributed by atoms with Gasteiger partial charge in [0.15, 0.2) is 0 Å². The van der Waals surface area contributed by atoms with Crippen molar-refractivity contribution in [1.82, 2.24) is 25.6 Å². The standard InChI is InChI=1S/C10H17N5O3/c1-4-8(16)7-5-15(14-13-7)6(2)9(17)12-10(18)11-3/h5-6,8,16H,4H2,1-3H3,(H2,11,12,17,18). The van der Waals surface area contributed by atoms with Crippen LogP contribution in [0.25, 0.3) is 0 Å². The van der Waals surface area contributed by atoms with Crippen LogP contribution in [0.3, 0.4) is 0 Å². The molecule has 100 valence electrons. The topological polar surface area (TPSA) is 109 Å². The summed E-state index contributed by atoms with van der Waals surface area (Å²) in [5.41, 5.74) is 0.400. The number of imide groups is 1. The Hall–Kier alpha value is -1.96. The van der Waals surface area contributed by atoms with Crippen molar-refractivity contribution in [3.8, 4) is 0 Å². The van der Waals surface area contributed by atoms with E-state index in [2.05, 4.69) is 20.9 Å². The van der Waals surface area contributed by atoms with Gasteiger partial charge in [0.05, 0.1) is 12.3 Å². The Kier molecular flexibility index (Phi) is 4.78. The summed E-state index contributed by atoms with van der Waals surface area (Å²) in [6, 6.07) is -1.27. The van der Waals surface area contributed by atoms with Crippen LogP contribution in [-0.2, 0) is 4.79 Å². The molecule has 0 radical (unpaired) electrons. The number of nitrogens with zero attached hydrogens (tertiary/aromatic N) is 3. The monoisotopic (exact) mass is 255 g/mol. The van der Waals surface area contributed by atoms with Crippen LogP contribution in [0.2, 0.25) is 0 Å². The first-order chi connectivity index (χ1) is 8.49. The van der Waals surface area contributed by atoms with E-state index in [-0.39, 0.29) is 0 Å². The fourth-order valence-electron chi connectivity index (χ4n) is 1.24. The second-order valence-corrected chi connectivity index (χ2v) is 3.79. The average molecular weight is 255 g/mol. The fraction of sp³-hybridized carbons (Fsp3) is 0.600. The highest BCUT2D eigenvalue weighted by Crippen LogP contribution is 2.14. The number of rotatable bonds is 4. The number of aliphatic hydroxyl groups excluding tert-OH is 1. The summed E-state index contributed by atoms with van der Waals surface area (Å²) < 4.78 is 1.30. The molecule has 1 aromatic heterocycles. The molecule has 0 aromatic carbocycles. The molecule has 3 amide bonds. The highest BCUT2D eigenvalue weighted by molar-refractivity contribution is 5.95. The lowest BCUT2D eigenvalue weighted by molar-refractivity contribution is -0.123. The van der Waals surface area contributed by atoms with Gasteiger partial charge >= 0.3 is 6.03 Å². The zero-order valence-corrected chi connectivity index (χ0v) is 10.5. The van der Waals surface area contributed by atoms with E-state index >= 15 is 0 Å². The highest BCUT2D eigenvalue weighted by atomic mass is 16.3. The Morgan fingerprint density at radius 3 is 2.78 bits per heavy atom. The molecule has 0 fully saturated rings. The van der Waals surface area contributed by atoms with Crippen molar-refractivity contribution in [2.24, 2.45) is 0 Å². The van der Waals surface area contributed by atoms with Crippen molar-refractivity contribution in [3.63, 3.8) is 0 Å². The first-order valence-electron chi connectivity index (χ1n) is 5.62. The van der Waals surface area contributed by atoms with E-state index in [1.54, 1.807) is 6.92 Å². The van der Waals surface area contributed by atoms with E-state index in [1.807, 2.05) is 6.92 Å². The minimum absolute atomic E-state index is 0.400. The number of urea groups is 1. The average Bonchev–Trinajstić information content (AvgIpc) is 2.86. The van der Waals surface area contributed by atoms with E-state index in [4.69, 9.17) is 0 Å². The number of carbonyl (C=O) groups excluding carboxylic acids is 2. The van der Waals surface area contributed by atoms with Crippen LogP contribution in [0.1, 0.15) is 38.1 Å². The molecule has 2 unspecified atom stereocenters. The van der Waals surface area contributed by atoms with Gasteiger partial charge in [0.25, 0.3) is 5.91 Å². The van der Waals surface area contributed by atoms with Gasteiger partial charge in [0.1, 0.15) is 11.7 Å². The normalized spacial score (nSPS) is 13.8. The Balaban J connectivity index is 2.72. The third-order valence-electron chi connectivity index (χ3n) is 2.50. The highest BCUT2D eigenvalue weighted by Gasteiger charge is 2.19. The summed E-state index contributed by atoms with van der Waals surface area (Å²) in [6.07, 6.45) is 1.30. The van der Waals surface area contributed by atoms with E-state index in [0.29, 0.717) is 12.1 Å². The Labute approximate surface area is 104 Å². The van der Waals surface area contributed by atoms with Gasteiger partial charge in [0.2, 0.25) is 0 Å². The third kappa shape index (κ3) is 3.27. The molecule has 1 aromatic rings. The lowest BCUT2D eigenvalue weighted by atomic mass is 10.2. The van der Waals surface area contributed by atoms with Crippen LogP contribution in [0.15, 0.2) is 6.20 Å². The van der Waals surface area contributed by atoms with E-state index in [0.717, 1.165) is 0 Å². The first kappa shape index (κ1) is 14.1. The summed E-state index contributed by atoms with van der Waals surface area (Å²) in [4.78, 5) is 22.6. The summed E-state index contributed by atoms with van der Waals surface area (Å²) >= 11 is 0. The molecule has 0 aliphatic rings. The SMILES string of the molecule is CCC(O)c1cn(C(C)C(=O)NC(=O)NC)nn1. The number of hydrogen-bond donors (Lipinski definition) is 3. The molecule has 1 heterocycles. The van der Waals surface area contributed by atoms with Gasteiger partial charge in [-0.3, -0.25) is 10.1 Å². The molecule has 8 heteroatoms. The molecule has 0 bridgehead atoms. The number of aromatic nitrogens is 3. The smallest absolute Gasteiger partial charge is 0.321 e. The Morgan fingerprint density at radius 2 is 2.22 bits per heavy atom. The van der Waals surface area contributed by atoms with Crippen molar-refractivity contribution < 1.29 is 14.7 Å². The van der Waals surface area contributed by atoms with E-state index in [1.165, 1.54) is 17.9 Å². The fourth-order valence-corrected chi connectivity index (χ4v) is 1.24. The number of carbonyl (C=O) groups is 2. The molecule has 0 saturated heterocycles. The predicted molar refractivity (Wildman–Crippen MR) is 62.6 cm³/mol. The molecule has 0 spiro atoms. The van der Waals surface area contributed by atoms with Crippen molar-refractivity contribution in [1.29, 1.82) is 0 Å². The zero-order valence-electron chi connectivity index (χ0n) is 10.5. The first-order valence-corrected chi connectivity index (χ1v) is 5.62. The lowest BCUT2D eigenvalue weighted by Gasteiger charge is -2.10. The van der Waals surface area contributed by atoms with E-state index in [9.17, 15) is 14.7 Å². The molecule has 3 N–H and O–H groups in total. The maximum atomic E-state index is 11.6. The van der Waals surface area contributed by atoms with Crippen LogP contribution < -0.4 is 10.6 Å². The molecule has 0 aliphatic heterocycles. The predicted octanol–water partition coefficient (Wildman–Crippen LogP) is -0.262. The number of nitrogens with one attached hydrogen (secondary N) is 2. The number of aliphatic hydroxyl groups is 1. The quantitative estimate of drug-likeness (QED) is 0.686. The molecule has 1 rings (SSSR count). The molecule has 2 atom stereocenters. The zero-order chi connectivity index (χ0) is 13.7. The van der Waals surface area contributed by atoms with Crippen molar-refractivity contribution >= 4 is 11.9 Å². The van der Waals surface area contributed by atoms with Gasteiger partial charge in [-0.15, -0.1) is 5.10 Å². The summed E-state index contributed by atoms with van der Waals surface area (Å²) in [7, 11) is 1.42. The van der Waals surface area contributed by atoms with Crippen LogP contribution in [0.4, 0.5) is 4.79 Å². The second-order valence-electron chi connectivity index (χ2n) is 3.79. The van der Waals surface area contributed by atoms with Gasteiger partial charge in [-0.05, 0) is 13.3 Å². The largest absolute Gasteiger partial charge is 0.387 e. The van der Waals surface area contributed by atoms with Crippen molar-refractivity contribution in [3.05, 3.63) is 11.9 Å². The van der Waals surface area contributed by atoms with Crippen LogP contribution in [0, 0.1) is 0 Å². The van der Waals surface area contributed by atoms with Crippen molar-refractivity contribution in [2.75, 3.05) is 7.05 Å². The van der Waals surface area contributed by atoms with Gasteiger partial charge in [-0.2, -0.15) is 0 Å². The molecule has 0 aliphatic carbocycles. The number of amides is 3. The second kappa shape index (κ2) is 6.10. The van der Waals surface area contributed by atoms with Gasteiger partial charge in [0, 0.05) is 7.05 Å². The summed E-state index contributed by atoms with van der Waals surface area (Å²) in [5, 5.41) is 21.5. The van der Waals surface area contributed by atoms with Crippen LogP contribution in [-0.4, -0.2) is 39.1 Å². The Morgan fingerprint density at radius 1 is 1.56 bits per heavy atom. The minimum Gasteiger partial charge on any atom is -0.387 e. The van der Waals surface area contributed by atoms with Gasteiger partial charge < -0.3 is 10.4 Å². The maximum absolute atomic E-state index is 11.6. The lowest BCUT2D eigenvalue weighted by Crippen LogP contribution is -2.40. The molecular formula is C10H17N5O3. The maximum Gasteiger partial charge on any atom is 0.321 e. The summed E-state index contributed by atoms with van der Waals surface area (Å²) in [5.74, 6) is -0.503. The summed E-state index contributed by atoms with van der Waals surface area (Å²) in [6.45, 7) is 3.39. The molecule has 8 nitrogen and oxygen atoms in total. The minimum atomic E-state index is -0.701. The molecule has 0 saturated carbocycles. The molecule has 18 heavy (non-hydrogen) atoms. The number of hydrogen-bond acceptors (Lipinski definition) is 5. The third-order valence-corrected chi connectivity index (χ3v) is 2.50. The Bertz CT molecular complexity index is 431. The van der Waals surface area contributed by atoms with Crippen LogP contribution in [0.5, 0.6) is 0 Å². The van der Waals surface area contributed by atoms with Crippen LogP contribution >= 0.6 is 0 Å². The molecular weight excluding hydrogens is 238 g/mol. The van der Waals surface area contributed by atoms with E-state index < -0.39 is 24.1 Å².